The highest BCUT2D eigenvalue weighted by molar-refractivity contribution is 7.99. The number of thiophene rings is 1. The Morgan fingerprint density at radius 3 is 2.76 bits per heavy atom. The maximum atomic E-state index is 13.5. The van der Waals surface area contributed by atoms with Crippen LogP contribution in [0.15, 0.2) is 75.2 Å². The van der Waals surface area contributed by atoms with E-state index in [1.54, 1.807) is 35.7 Å². The molecule has 1 aliphatic rings. The molecule has 4 heterocycles. The van der Waals surface area contributed by atoms with E-state index in [2.05, 4.69) is 15.1 Å². The van der Waals surface area contributed by atoms with Crippen LogP contribution in [0.25, 0.3) is 5.65 Å². The minimum Gasteiger partial charge on any atom is -0.272 e. The first kappa shape index (κ1) is 21.5. The number of aromatic nitrogens is 3. The summed E-state index contributed by atoms with van der Waals surface area (Å²) in [6.45, 7) is 1.86. The lowest BCUT2D eigenvalue weighted by molar-refractivity contribution is -0.130. The largest absolute Gasteiger partial charge is 0.355 e. The van der Waals surface area contributed by atoms with Crippen LogP contribution in [-0.4, -0.2) is 36.7 Å². The highest BCUT2D eigenvalue weighted by Gasteiger charge is 2.33. The van der Waals surface area contributed by atoms with Crippen molar-refractivity contribution < 1.29 is 9.18 Å². The quantitative estimate of drug-likeness (QED) is 0.403. The van der Waals surface area contributed by atoms with E-state index in [4.69, 9.17) is 0 Å². The van der Waals surface area contributed by atoms with Gasteiger partial charge in [-0.25, -0.2) is 19.2 Å². The molecule has 1 atom stereocenters. The summed E-state index contributed by atoms with van der Waals surface area (Å²) in [4.78, 5) is 35.0. The lowest BCUT2D eigenvalue weighted by atomic mass is 10.0. The first-order valence-electron chi connectivity index (χ1n) is 10.2. The average Bonchev–Trinajstić information content (AvgIpc) is 3.49. The highest BCUT2D eigenvalue weighted by atomic mass is 32.2. The van der Waals surface area contributed by atoms with E-state index in [0.717, 1.165) is 33.5 Å². The molecule has 0 spiro atoms. The summed E-state index contributed by atoms with van der Waals surface area (Å²) < 4.78 is 14.8. The molecule has 1 aliphatic heterocycles. The van der Waals surface area contributed by atoms with Gasteiger partial charge in [-0.3, -0.25) is 9.20 Å². The lowest BCUT2D eigenvalue weighted by Gasteiger charge is -2.21. The molecule has 0 radical (unpaired) electrons. The monoisotopic (exact) mass is 479 g/mol. The molecule has 1 amide bonds. The van der Waals surface area contributed by atoms with Crippen molar-refractivity contribution in [1.82, 2.24) is 19.4 Å². The van der Waals surface area contributed by atoms with Gasteiger partial charge < -0.3 is 0 Å². The van der Waals surface area contributed by atoms with E-state index in [1.165, 1.54) is 21.5 Å². The van der Waals surface area contributed by atoms with Crippen molar-refractivity contribution in [2.75, 3.05) is 5.75 Å². The molecule has 0 bridgehead atoms. The zero-order valence-corrected chi connectivity index (χ0v) is 19.1. The first-order valence-corrected chi connectivity index (χ1v) is 12.0. The molecule has 0 saturated heterocycles. The molecule has 4 aromatic rings. The normalized spacial score (nSPS) is 15.8. The maximum Gasteiger partial charge on any atom is 0.355 e. The standard InChI is InChI=1S/C23H18FN5O2S2/c1-14-4-2-10-28-21(14)25-22(26-23(28)31)33-13-20(30)29-18(15-6-8-16(24)9-7-15)12-17(27-29)19-5-3-11-32-19/h2-11,18H,12-13H2,1H3/t18-/m1/s1. The van der Waals surface area contributed by atoms with E-state index in [-0.39, 0.29) is 28.7 Å². The molecule has 33 heavy (non-hydrogen) atoms. The van der Waals surface area contributed by atoms with Gasteiger partial charge in [-0.1, -0.05) is 36.0 Å². The molecular weight excluding hydrogens is 461 g/mol. The zero-order chi connectivity index (χ0) is 22.9. The molecule has 0 fully saturated rings. The van der Waals surface area contributed by atoms with Gasteiger partial charge in [-0.2, -0.15) is 10.1 Å². The number of carbonyl (C=O) groups is 1. The van der Waals surface area contributed by atoms with Crippen LogP contribution in [0.3, 0.4) is 0 Å². The van der Waals surface area contributed by atoms with Crippen LogP contribution in [0.4, 0.5) is 4.39 Å². The summed E-state index contributed by atoms with van der Waals surface area (Å²) in [5.41, 5.74) is 2.53. The molecule has 0 N–H and O–H groups in total. The van der Waals surface area contributed by atoms with Gasteiger partial charge in [0.2, 0.25) is 0 Å². The topological polar surface area (TPSA) is 79.9 Å². The first-order chi connectivity index (χ1) is 16.0. The van der Waals surface area contributed by atoms with Crippen LogP contribution in [0.1, 0.15) is 28.5 Å². The Morgan fingerprint density at radius 1 is 1.18 bits per heavy atom. The number of hydrogen-bond acceptors (Lipinski definition) is 7. The number of thioether (sulfide) groups is 1. The van der Waals surface area contributed by atoms with E-state index >= 15 is 0 Å². The molecular formula is C23H18FN5O2S2. The summed E-state index contributed by atoms with van der Waals surface area (Å²) in [5, 5.41) is 8.25. The van der Waals surface area contributed by atoms with Gasteiger partial charge in [0.05, 0.1) is 22.4 Å². The van der Waals surface area contributed by atoms with Crippen molar-refractivity contribution in [2.45, 2.75) is 24.5 Å². The summed E-state index contributed by atoms with van der Waals surface area (Å²) >= 11 is 2.65. The second kappa shape index (κ2) is 8.87. The molecule has 10 heteroatoms. The number of nitrogens with zero attached hydrogens (tertiary/aromatic N) is 5. The number of benzene rings is 1. The van der Waals surface area contributed by atoms with E-state index in [0.29, 0.717) is 12.1 Å². The van der Waals surface area contributed by atoms with Gasteiger partial charge in [0.1, 0.15) is 11.5 Å². The van der Waals surface area contributed by atoms with Crippen molar-refractivity contribution in [3.8, 4) is 0 Å². The van der Waals surface area contributed by atoms with Gasteiger partial charge in [-0.05, 0) is 47.7 Å². The van der Waals surface area contributed by atoms with Crippen LogP contribution >= 0.6 is 23.1 Å². The third-order valence-corrected chi connectivity index (χ3v) is 7.06. The fraction of sp³-hybridized carbons (Fsp3) is 0.174. The number of hydrazone groups is 1. The van der Waals surface area contributed by atoms with Gasteiger partial charge in [0.15, 0.2) is 5.16 Å². The minimum atomic E-state index is -0.443. The highest BCUT2D eigenvalue weighted by Crippen LogP contribution is 2.34. The van der Waals surface area contributed by atoms with Crippen LogP contribution in [0.5, 0.6) is 0 Å². The lowest BCUT2D eigenvalue weighted by Crippen LogP contribution is -2.29. The van der Waals surface area contributed by atoms with Crippen molar-refractivity contribution in [2.24, 2.45) is 5.10 Å². The molecule has 5 rings (SSSR count). The summed E-state index contributed by atoms with van der Waals surface area (Å²) in [6.07, 6.45) is 2.15. The number of carbonyl (C=O) groups excluding carboxylic acids is 1. The van der Waals surface area contributed by atoms with Crippen molar-refractivity contribution in [1.29, 1.82) is 0 Å². The molecule has 3 aromatic heterocycles. The number of aryl methyl sites for hydroxylation is 1. The summed E-state index contributed by atoms with van der Waals surface area (Å²) in [7, 11) is 0. The fourth-order valence-corrected chi connectivity index (χ4v) is 5.09. The number of fused-ring (bicyclic) bond motifs is 1. The molecule has 166 valence electrons. The molecule has 1 aromatic carbocycles. The predicted octanol–water partition coefficient (Wildman–Crippen LogP) is 4.07. The Bertz CT molecular complexity index is 1420. The van der Waals surface area contributed by atoms with Crippen LogP contribution < -0.4 is 5.69 Å². The van der Waals surface area contributed by atoms with Crippen LogP contribution in [-0.2, 0) is 4.79 Å². The fourth-order valence-electron chi connectivity index (χ4n) is 3.69. The van der Waals surface area contributed by atoms with Crippen LogP contribution in [0.2, 0.25) is 0 Å². The molecule has 0 aliphatic carbocycles. The maximum absolute atomic E-state index is 13.5. The smallest absolute Gasteiger partial charge is 0.272 e. The SMILES string of the molecule is Cc1cccn2c(=O)nc(SCC(=O)N3N=C(c4cccs4)C[C@@H]3c3ccc(F)cc3)nc12. The molecule has 0 unspecified atom stereocenters. The second-order valence-corrected chi connectivity index (χ2v) is 9.39. The molecule has 7 nitrogen and oxygen atoms in total. The van der Waals surface area contributed by atoms with Crippen molar-refractivity contribution >= 4 is 40.4 Å². The number of amides is 1. The van der Waals surface area contributed by atoms with Gasteiger partial charge in [0.25, 0.3) is 5.91 Å². The zero-order valence-electron chi connectivity index (χ0n) is 17.5. The number of pyridine rings is 1. The number of halogens is 1. The Hall–Kier alpha value is -3.37. The minimum absolute atomic E-state index is 0.0143. The third kappa shape index (κ3) is 4.31. The van der Waals surface area contributed by atoms with Crippen molar-refractivity contribution in [3.05, 3.63) is 92.4 Å². The van der Waals surface area contributed by atoms with E-state index in [1.807, 2.05) is 30.5 Å². The molecule has 0 saturated carbocycles. The number of hydrogen-bond donors (Lipinski definition) is 0. The predicted molar refractivity (Wildman–Crippen MR) is 126 cm³/mol. The van der Waals surface area contributed by atoms with Gasteiger partial charge in [0, 0.05) is 12.6 Å². The van der Waals surface area contributed by atoms with Crippen molar-refractivity contribution in [3.63, 3.8) is 0 Å². The van der Waals surface area contributed by atoms with E-state index < -0.39 is 5.69 Å². The third-order valence-electron chi connectivity index (χ3n) is 5.31. The summed E-state index contributed by atoms with van der Waals surface area (Å²) in [5.74, 6) is -0.561. The number of rotatable bonds is 5. The Morgan fingerprint density at radius 2 is 2.00 bits per heavy atom. The van der Waals surface area contributed by atoms with Crippen LogP contribution in [0, 0.1) is 12.7 Å². The van der Waals surface area contributed by atoms with E-state index in [9.17, 15) is 14.0 Å². The average molecular weight is 480 g/mol. The van der Waals surface area contributed by atoms with Gasteiger partial charge in [-0.15, -0.1) is 11.3 Å². The van der Waals surface area contributed by atoms with Gasteiger partial charge >= 0.3 is 5.69 Å². The second-order valence-electron chi connectivity index (χ2n) is 7.50. The Labute approximate surface area is 196 Å². The Balaban J connectivity index is 1.40. The Kier molecular flexibility index (Phi) is 5.77. The summed E-state index contributed by atoms with van der Waals surface area (Å²) in [6, 6.07) is 13.3.